The highest BCUT2D eigenvalue weighted by Crippen LogP contribution is 2.47. The molecule has 2 unspecified atom stereocenters. The smallest absolute Gasteiger partial charge is 0.259 e. The first-order valence-electron chi connectivity index (χ1n) is 16.4. The van der Waals surface area contributed by atoms with Crippen molar-refractivity contribution < 1.29 is 14.4 Å². The molecule has 3 aromatic carbocycles. The molecule has 2 aliphatic rings. The summed E-state index contributed by atoms with van der Waals surface area (Å²) in [4.78, 5) is 43.7. The largest absolute Gasteiger partial charge is 0.349 e. The number of aromatic nitrogens is 1. The molecule has 6 rings (SSSR count). The Morgan fingerprint density at radius 2 is 1.40 bits per heavy atom. The zero-order valence-corrected chi connectivity index (χ0v) is 27.9. The number of nitrogens with zero attached hydrogens (tertiary/aromatic N) is 2. The van der Waals surface area contributed by atoms with Gasteiger partial charge in [0.2, 0.25) is 0 Å². The van der Waals surface area contributed by atoms with Crippen molar-refractivity contribution in [3.05, 3.63) is 131 Å². The van der Waals surface area contributed by atoms with Crippen LogP contribution in [0.3, 0.4) is 0 Å². The van der Waals surface area contributed by atoms with Gasteiger partial charge in [-0.15, -0.1) is 0 Å². The minimum Gasteiger partial charge on any atom is -0.349 e. The van der Waals surface area contributed by atoms with Crippen LogP contribution >= 0.6 is 0 Å². The number of para-hydroxylation sites is 1. The molecule has 0 saturated carbocycles. The van der Waals surface area contributed by atoms with E-state index in [2.05, 4.69) is 74.2 Å². The van der Waals surface area contributed by atoms with Crippen LogP contribution < -0.4 is 15.5 Å². The quantitative estimate of drug-likeness (QED) is 0.196. The summed E-state index contributed by atoms with van der Waals surface area (Å²) in [5, 5.41) is 6.07. The molecule has 242 valence electrons. The minimum atomic E-state index is -1.51. The maximum absolute atomic E-state index is 14.9. The molecule has 2 atom stereocenters. The first-order valence-corrected chi connectivity index (χ1v) is 16.4. The number of hydrogen-bond acceptors (Lipinski definition) is 3. The van der Waals surface area contributed by atoms with Crippen molar-refractivity contribution in [3.8, 4) is 0 Å². The fourth-order valence-corrected chi connectivity index (χ4v) is 6.79. The van der Waals surface area contributed by atoms with E-state index in [4.69, 9.17) is 0 Å². The third-order valence-electron chi connectivity index (χ3n) is 10.5. The van der Waals surface area contributed by atoms with E-state index in [0.29, 0.717) is 29.2 Å². The van der Waals surface area contributed by atoms with Crippen LogP contribution in [0.4, 0.5) is 5.69 Å². The molecule has 0 saturated heterocycles. The van der Waals surface area contributed by atoms with Crippen molar-refractivity contribution in [2.45, 2.75) is 59.0 Å². The first-order chi connectivity index (χ1) is 22.4. The monoisotopic (exact) mass is 628 g/mol. The molecule has 2 heterocycles. The van der Waals surface area contributed by atoms with Gasteiger partial charge in [0.05, 0.1) is 6.54 Å². The molecule has 1 aliphatic carbocycles. The maximum atomic E-state index is 14.9. The molecule has 0 bridgehead atoms. The zero-order chi connectivity index (χ0) is 33.4. The molecule has 7 nitrogen and oxygen atoms in total. The van der Waals surface area contributed by atoms with Gasteiger partial charge in [-0.1, -0.05) is 95.3 Å². The molecule has 7 heteroatoms. The first kappa shape index (κ1) is 32.0. The Morgan fingerprint density at radius 3 is 2.09 bits per heavy atom. The van der Waals surface area contributed by atoms with E-state index in [1.165, 1.54) is 11.3 Å². The molecule has 1 aromatic heterocycles. The van der Waals surface area contributed by atoms with Crippen molar-refractivity contribution in [2.24, 2.45) is 10.8 Å². The van der Waals surface area contributed by atoms with E-state index >= 15 is 0 Å². The zero-order valence-electron chi connectivity index (χ0n) is 27.9. The van der Waals surface area contributed by atoms with Gasteiger partial charge in [-0.05, 0) is 71.2 Å². The van der Waals surface area contributed by atoms with Crippen molar-refractivity contribution >= 4 is 29.5 Å². The topological polar surface area (TPSA) is 83.4 Å². The highest BCUT2D eigenvalue weighted by atomic mass is 16.2. The number of benzene rings is 3. The summed E-state index contributed by atoms with van der Waals surface area (Å²) in [6.07, 6.45) is 7.72. The van der Waals surface area contributed by atoms with Crippen LogP contribution in [-0.2, 0) is 16.9 Å². The molecular formula is C40H44N4O3. The summed E-state index contributed by atoms with van der Waals surface area (Å²) in [6, 6.07) is 27.6. The van der Waals surface area contributed by atoms with Gasteiger partial charge in [-0.3, -0.25) is 14.4 Å². The van der Waals surface area contributed by atoms with Crippen molar-refractivity contribution in [1.82, 2.24) is 15.2 Å². The predicted octanol–water partition coefficient (Wildman–Crippen LogP) is 7.16. The lowest BCUT2D eigenvalue weighted by atomic mass is 9.67. The van der Waals surface area contributed by atoms with E-state index < -0.39 is 5.54 Å². The Bertz CT molecular complexity index is 1820. The van der Waals surface area contributed by atoms with Crippen LogP contribution in [0.2, 0.25) is 0 Å². The van der Waals surface area contributed by atoms with Crippen LogP contribution in [0.1, 0.15) is 84.5 Å². The van der Waals surface area contributed by atoms with E-state index in [0.717, 1.165) is 18.7 Å². The number of hydrogen-bond donors (Lipinski definition) is 2. The lowest BCUT2D eigenvalue weighted by Gasteiger charge is -2.45. The van der Waals surface area contributed by atoms with Gasteiger partial charge in [-0.25, -0.2) is 0 Å². The van der Waals surface area contributed by atoms with Crippen LogP contribution in [0.5, 0.6) is 0 Å². The molecule has 0 fully saturated rings. The van der Waals surface area contributed by atoms with E-state index in [-0.39, 0.29) is 35.1 Å². The second-order valence-corrected chi connectivity index (χ2v) is 14.3. The Morgan fingerprint density at radius 1 is 0.809 bits per heavy atom. The lowest BCUT2D eigenvalue weighted by molar-refractivity contribution is -0.124. The number of carbonyl (C=O) groups is 3. The Hall–Kier alpha value is -4.91. The van der Waals surface area contributed by atoms with Crippen molar-refractivity contribution in [1.29, 1.82) is 0 Å². The van der Waals surface area contributed by atoms with Crippen molar-refractivity contribution in [2.75, 3.05) is 18.0 Å². The second-order valence-electron chi connectivity index (χ2n) is 14.3. The van der Waals surface area contributed by atoms with E-state index in [1.54, 1.807) is 48.5 Å². The van der Waals surface area contributed by atoms with Gasteiger partial charge >= 0.3 is 0 Å². The highest BCUT2D eigenvalue weighted by Gasteiger charge is 2.54. The van der Waals surface area contributed by atoms with Gasteiger partial charge in [0.15, 0.2) is 5.54 Å². The van der Waals surface area contributed by atoms with Gasteiger partial charge in [-0.2, -0.15) is 0 Å². The van der Waals surface area contributed by atoms with Gasteiger partial charge in [0.1, 0.15) is 0 Å². The van der Waals surface area contributed by atoms with Crippen molar-refractivity contribution in [3.63, 3.8) is 0 Å². The van der Waals surface area contributed by atoms with Crippen LogP contribution in [-0.4, -0.2) is 35.4 Å². The van der Waals surface area contributed by atoms with Gasteiger partial charge in [0, 0.05) is 47.4 Å². The number of carbonyl (C=O) groups excluding carboxylic acids is 3. The Kier molecular flexibility index (Phi) is 8.43. The van der Waals surface area contributed by atoms with Crippen LogP contribution in [0, 0.1) is 10.8 Å². The van der Waals surface area contributed by atoms with E-state index in [9.17, 15) is 14.4 Å². The van der Waals surface area contributed by atoms with Crippen LogP contribution in [0.25, 0.3) is 6.08 Å². The van der Waals surface area contributed by atoms with Crippen LogP contribution in [0.15, 0.2) is 103 Å². The molecule has 4 aromatic rings. The standard InChI is InChI=1S/C40H44N4O3/c1-28-15-14-22-33-31(28)23-24-43(33)26-38(2,3)39(4,5)27-44-34-21-13-12-20-32(34)40(37(44)47,42-36(46)30-18-10-7-11-19-30)25-41-35(45)29-16-8-6-9-17-29/h6-14,16-24,28H,15,25-27H2,1-5H3,(H,41,45)(H,42,46). The average molecular weight is 629 g/mol. The molecule has 0 radical (unpaired) electrons. The third-order valence-corrected chi connectivity index (χ3v) is 10.5. The normalized spacial score (nSPS) is 18.9. The van der Waals surface area contributed by atoms with Gasteiger partial charge in [0.25, 0.3) is 17.7 Å². The highest BCUT2D eigenvalue weighted by molar-refractivity contribution is 6.11. The number of rotatable bonds is 10. The predicted molar refractivity (Wildman–Crippen MR) is 187 cm³/mol. The number of nitrogens with one attached hydrogen (secondary N) is 2. The number of amides is 3. The average Bonchev–Trinajstić information content (AvgIpc) is 3.57. The molecule has 2 N–H and O–H groups in total. The van der Waals surface area contributed by atoms with E-state index in [1.807, 2.05) is 41.3 Å². The number of fused-ring (bicyclic) bond motifs is 2. The summed E-state index contributed by atoms with van der Waals surface area (Å²) in [7, 11) is 0. The molecular weight excluding hydrogens is 584 g/mol. The number of anilines is 1. The third kappa shape index (κ3) is 5.91. The SMILES string of the molecule is CC1CC=Cc2c1ccn2CC(C)(C)C(C)(C)CN1C(=O)C(CNC(=O)c2ccccc2)(NC(=O)c2ccccc2)c2ccccc21. The Labute approximate surface area is 277 Å². The summed E-state index contributed by atoms with van der Waals surface area (Å²) in [5.74, 6) is -0.477. The summed E-state index contributed by atoms with van der Waals surface area (Å²) in [5.41, 5.74) is 2.85. The summed E-state index contributed by atoms with van der Waals surface area (Å²) >= 11 is 0. The summed E-state index contributed by atoms with van der Waals surface area (Å²) in [6.45, 7) is 12.3. The summed E-state index contributed by atoms with van der Waals surface area (Å²) < 4.78 is 2.34. The molecule has 1 aliphatic heterocycles. The maximum Gasteiger partial charge on any atom is 0.259 e. The Balaban J connectivity index is 1.33. The lowest BCUT2D eigenvalue weighted by Crippen LogP contribution is -2.60. The number of allylic oxidation sites excluding steroid dienone is 1. The molecule has 47 heavy (non-hydrogen) atoms. The molecule has 0 spiro atoms. The fourth-order valence-electron chi connectivity index (χ4n) is 6.79. The van der Waals surface area contributed by atoms with Gasteiger partial charge < -0.3 is 20.1 Å². The molecule has 3 amide bonds. The minimum absolute atomic E-state index is 0.102. The fraction of sp³-hybridized carbons (Fsp3) is 0.325. The second kappa shape index (κ2) is 12.4.